The van der Waals surface area contributed by atoms with Gasteiger partial charge in [-0.05, 0) is 43.7 Å². The lowest BCUT2D eigenvalue weighted by molar-refractivity contribution is -0.384. The zero-order valence-corrected chi connectivity index (χ0v) is 10.4. The van der Waals surface area contributed by atoms with E-state index in [1.807, 2.05) is 13.0 Å². The van der Waals surface area contributed by atoms with Gasteiger partial charge in [-0.25, -0.2) is 0 Å². The predicted molar refractivity (Wildman–Crippen MR) is 69.7 cm³/mol. The van der Waals surface area contributed by atoms with E-state index >= 15 is 0 Å². The molecular weight excluding hydrogens is 232 g/mol. The van der Waals surface area contributed by atoms with E-state index in [0.717, 1.165) is 37.1 Å². The lowest BCUT2D eigenvalue weighted by atomic mass is 10.1. The Morgan fingerprint density at radius 2 is 2.22 bits per heavy atom. The van der Waals surface area contributed by atoms with Gasteiger partial charge in [0.15, 0.2) is 0 Å². The fraction of sp³-hybridized carbons (Fsp3) is 0.538. The molecule has 0 amide bonds. The number of nitrogens with one attached hydrogen (secondary N) is 1. The van der Waals surface area contributed by atoms with Crippen LogP contribution in [-0.2, 0) is 0 Å². The van der Waals surface area contributed by atoms with E-state index in [-0.39, 0.29) is 16.7 Å². The number of nitro groups is 1. The number of rotatable bonds is 4. The lowest BCUT2D eigenvalue weighted by Crippen LogP contribution is -2.12. The minimum Gasteiger partial charge on any atom is -0.393 e. The van der Waals surface area contributed by atoms with Gasteiger partial charge in [0.2, 0.25) is 0 Å². The normalized spacial score (nSPS) is 23.0. The summed E-state index contributed by atoms with van der Waals surface area (Å²) >= 11 is 0. The second-order valence-corrected chi connectivity index (χ2v) is 5.03. The fourth-order valence-electron chi connectivity index (χ4n) is 2.47. The third kappa shape index (κ3) is 3.20. The average molecular weight is 250 g/mol. The molecule has 2 atom stereocenters. The van der Waals surface area contributed by atoms with Crippen molar-refractivity contribution in [1.29, 1.82) is 0 Å². The Balaban J connectivity index is 1.98. The molecular formula is C13H18N2O3. The minimum atomic E-state index is -0.377. The van der Waals surface area contributed by atoms with Crippen molar-refractivity contribution in [2.45, 2.75) is 32.3 Å². The molecule has 98 valence electrons. The first-order valence-electron chi connectivity index (χ1n) is 6.22. The van der Waals surface area contributed by atoms with E-state index in [9.17, 15) is 15.2 Å². The summed E-state index contributed by atoms with van der Waals surface area (Å²) in [7, 11) is 0. The second-order valence-electron chi connectivity index (χ2n) is 5.03. The van der Waals surface area contributed by atoms with Crippen LogP contribution in [0.3, 0.4) is 0 Å². The third-order valence-electron chi connectivity index (χ3n) is 3.38. The Labute approximate surface area is 106 Å². The number of anilines is 1. The van der Waals surface area contributed by atoms with Gasteiger partial charge in [0.05, 0.1) is 11.0 Å². The number of hydrogen-bond acceptors (Lipinski definition) is 4. The standard InChI is InChI=1S/C13H18N2O3/c1-9-4-11(7-12(5-9)15(17)18)14-8-10-2-3-13(16)6-10/h4-5,7,10,13-14,16H,2-3,6,8H2,1H3. The highest BCUT2D eigenvalue weighted by Crippen LogP contribution is 2.26. The Morgan fingerprint density at radius 3 is 2.83 bits per heavy atom. The summed E-state index contributed by atoms with van der Waals surface area (Å²) in [5, 5.41) is 23.4. The number of aryl methyl sites for hydroxylation is 1. The molecule has 5 nitrogen and oxygen atoms in total. The molecule has 0 aliphatic heterocycles. The first-order chi connectivity index (χ1) is 8.54. The van der Waals surface area contributed by atoms with Crippen LogP contribution >= 0.6 is 0 Å². The van der Waals surface area contributed by atoms with Crippen molar-refractivity contribution < 1.29 is 10.0 Å². The maximum atomic E-state index is 10.8. The van der Waals surface area contributed by atoms with Crippen LogP contribution in [0, 0.1) is 23.0 Å². The highest BCUT2D eigenvalue weighted by Gasteiger charge is 2.22. The van der Waals surface area contributed by atoms with Gasteiger partial charge < -0.3 is 10.4 Å². The van der Waals surface area contributed by atoms with E-state index < -0.39 is 0 Å². The molecule has 0 heterocycles. The van der Waals surface area contributed by atoms with Gasteiger partial charge in [-0.15, -0.1) is 0 Å². The highest BCUT2D eigenvalue weighted by molar-refractivity contribution is 5.53. The molecule has 0 radical (unpaired) electrons. The van der Waals surface area contributed by atoms with Gasteiger partial charge in [0.1, 0.15) is 0 Å². The van der Waals surface area contributed by atoms with Crippen LogP contribution in [0.15, 0.2) is 18.2 Å². The van der Waals surface area contributed by atoms with Crippen LogP contribution in [0.1, 0.15) is 24.8 Å². The van der Waals surface area contributed by atoms with Crippen molar-refractivity contribution >= 4 is 11.4 Å². The summed E-state index contributed by atoms with van der Waals surface area (Å²) in [5.41, 5.74) is 1.77. The molecule has 1 aliphatic rings. The molecule has 1 aromatic rings. The molecule has 2 unspecified atom stereocenters. The molecule has 5 heteroatoms. The Bertz CT molecular complexity index is 448. The molecule has 0 spiro atoms. The van der Waals surface area contributed by atoms with Crippen LogP contribution in [0.2, 0.25) is 0 Å². The van der Waals surface area contributed by atoms with E-state index in [1.165, 1.54) is 0 Å². The average Bonchev–Trinajstić information content (AvgIpc) is 2.72. The number of nitrogens with zero attached hydrogens (tertiary/aromatic N) is 1. The number of aliphatic hydroxyl groups is 1. The van der Waals surface area contributed by atoms with Crippen LogP contribution in [0.25, 0.3) is 0 Å². The number of benzene rings is 1. The molecule has 2 N–H and O–H groups in total. The summed E-state index contributed by atoms with van der Waals surface area (Å²) in [5.74, 6) is 0.458. The van der Waals surface area contributed by atoms with Crippen LogP contribution < -0.4 is 5.32 Å². The van der Waals surface area contributed by atoms with Crippen molar-refractivity contribution in [2.24, 2.45) is 5.92 Å². The van der Waals surface area contributed by atoms with Crippen molar-refractivity contribution in [3.63, 3.8) is 0 Å². The van der Waals surface area contributed by atoms with Crippen LogP contribution in [0.4, 0.5) is 11.4 Å². The molecule has 1 fully saturated rings. The SMILES string of the molecule is Cc1cc(NCC2CCC(O)C2)cc([N+](=O)[O-])c1. The number of hydrogen-bond donors (Lipinski definition) is 2. The second kappa shape index (κ2) is 5.35. The van der Waals surface area contributed by atoms with Crippen LogP contribution in [-0.4, -0.2) is 22.7 Å². The lowest BCUT2D eigenvalue weighted by Gasteiger charge is -2.12. The molecule has 0 saturated heterocycles. The first kappa shape index (κ1) is 12.8. The van der Waals surface area contributed by atoms with Crippen molar-refractivity contribution in [1.82, 2.24) is 0 Å². The fourth-order valence-corrected chi connectivity index (χ4v) is 2.47. The zero-order valence-electron chi connectivity index (χ0n) is 10.4. The first-order valence-corrected chi connectivity index (χ1v) is 6.22. The Kier molecular flexibility index (Phi) is 3.81. The molecule has 1 aliphatic carbocycles. The summed E-state index contributed by atoms with van der Waals surface area (Å²) < 4.78 is 0. The van der Waals surface area contributed by atoms with Gasteiger partial charge >= 0.3 is 0 Å². The van der Waals surface area contributed by atoms with E-state index in [2.05, 4.69) is 5.32 Å². The van der Waals surface area contributed by atoms with E-state index in [0.29, 0.717) is 5.92 Å². The van der Waals surface area contributed by atoms with Gasteiger partial charge in [-0.3, -0.25) is 10.1 Å². The molecule has 0 aromatic heterocycles. The Hall–Kier alpha value is -1.62. The van der Waals surface area contributed by atoms with Gasteiger partial charge in [0, 0.05) is 24.4 Å². The minimum absolute atomic E-state index is 0.115. The van der Waals surface area contributed by atoms with E-state index in [4.69, 9.17) is 0 Å². The smallest absolute Gasteiger partial charge is 0.271 e. The summed E-state index contributed by atoms with van der Waals surface area (Å²) in [6.45, 7) is 2.61. The summed E-state index contributed by atoms with van der Waals surface area (Å²) in [6, 6.07) is 5.02. The molecule has 18 heavy (non-hydrogen) atoms. The monoisotopic (exact) mass is 250 g/mol. The number of nitro benzene ring substituents is 1. The maximum Gasteiger partial charge on any atom is 0.271 e. The molecule has 0 bridgehead atoms. The number of aliphatic hydroxyl groups excluding tert-OH is 1. The van der Waals surface area contributed by atoms with Crippen molar-refractivity contribution in [3.8, 4) is 0 Å². The zero-order chi connectivity index (χ0) is 13.1. The topological polar surface area (TPSA) is 75.4 Å². The van der Waals surface area contributed by atoms with Crippen LogP contribution in [0.5, 0.6) is 0 Å². The molecule has 2 rings (SSSR count). The van der Waals surface area contributed by atoms with Gasteiger partial charge in [-0.1, -0.05) is 0 Å². The largest absolute Gasteiger partial charge is 0.393 e. The number of non-ortho nitro benzene ring substituents is 1. The summed E-state index contributed by atoms with van der Waals surface area (Å²) in [6.07, 6.45) is 2.52. The summed E-state index contributed by atoms with van der Waals surface area (Å²) in [4.78, 5) is 10.4. The maximum absolute atomic E-state index is 10.8. The molecule has 1 saturated carbocycles. The van der Waals surface area contributed by atoms with E-state index in [1.54, 1.807) is 12.1 Å². The Morgan fingerprint density at radius 1 is 1.44 bits per heavy atom. The van der Waals surface area contributed by atoms with Crippen molar-refractivity contribution in [3.05, 3.63) is 33.9 Å². The predicted octanol–water partition coefficient (Wildman–Crippen LogP) is 2.48. The third-order valence-corrected chi connectivity index (χ3v) is 3.38. The van der Waals surface area contributed by atoms with Crippen molar-refractivity contribution in [2.75, 3.05) is 11.9 Å². The molecule has 1 aromatic carbocycles. The van der Waals surface area contributed by atoms with Gasteiger partial charge in [-0.2, -0.15) is 0 Å². The van der Waals surface area contributed by atoms with Gasteiger partial charge in [0.25, 0.3) is 5.69 Å². The quantitative estimate of drug-likeness (QED) is 0.636. The highest BCUT2D eigenvalue weighted by atomic mass is 16.6.